The molecular weight excluding hydrogens is 434 g/mol. The number of carbonyl (C=O) groups excluding carboxylic acids is 3. The molecule has 9 nitrogen and oxygen atoms in total. The minimum atomic E-state index is -4.29. The van der Waals surface area contributed by atoms with Crippen molar-refractivity contribution in [1.82, 2.24) is 15.1 Å². The monoisotopic (exact) mass is 453 g/mol. The maximum Gasteiger partial charge on any atom is 0.288 e. The van der Waals surface area contributed by atoms with Crippen LogP contribution in [0.2, 0.25) is 5.02 Å². The van der Waals surface area contributed by atoms with Crippen LogP contribution in [0.4, 0.5) is 0 Å². The lowest BCUT2D eigenvalue weighted by Gasteiger charge is -2.35. The van der Waals surface area contributed by atoms with Gasteiger partial charge in [0.15, 0.2) is 5.76 Å². The number of carbonyl (C=O) groups is 3. The Bertz CT molecular complexity index is 1030. The van der Waals surface area contributed by atoms with E-state index < -0.39 is 27.0 Å². The van der Waals surface area contributed by atoms with Crippen LogP contribution in [0, 0.1) is 0 Å². The van der Waals surface area contributed by atoms with Crippen molar-refractivity contribution in [1.29, 1.82) is 0 Å². The number of furan rings is 1. The van der Waals surface area contributed by atoms with Gasteiger partial charge in [0.2, 0.25) is 21.1 Å². The van der Waals surface area contributed by atoms with E-state index in [0.29, 0.717) is 5.02 Å². The third-order valence-electron chi connectivity index (χ3n) is 4.72. The summed E-state index contributed by atoms with van der Waals surface area (Å²) < 4.78 is 31.4. The Morgan fingerprint density at radius 3 is 2.17 bits per heavy atom. The third-order valence-corrected chi connectivity index (χ3v) is 6.84. The van der Waals surface area contributed by atoms with Crippen LogP contribution in [-0.4, -0.2) is 67.5 Å². The molecule has 1 saturated heterocycles. The highest BCUT2D eigenvalue weighted by atomic mass is 35.5. The van der Waals surface area contributed by atoms with Gasteiger partial charge in [-0.2, -0.15) is 0 Å². The van der Waals surface area contributed by atoms with E-state index in [0.717, 1.165) is 0 Å². The molecule has 0 spiro atoms. The number of halogens is 1. The maximum atomic E-state index is 13.2. The smallest absolute Gasteiger partial charge is 0.288 e. The minimum Gasteiger partial charge on any atom is -0.459 e. The molecule has 1 N–H and O–H groups in total. The van der Waals surface area contributed by atoms with E-state index in [-0.39, 0.29) is 42.7 Å². The molecule has 1 unspecified atom stereocenters. The van der Waals surface area contributed by atoms with Gasteiger partial charge in [-0.3, -0.25) is 14.4 Å². The summed E-state index contributed by atoms with van der Waals surface area (Å²) in [6.45, 7) is 2.29. The molecule has 1 atom stereocenters. The molecule has 160 valence electrons. The Hall–Kier alpha value is -2.85. The molecule has 0 aliphatic carbocycles. The highest BCUT2D eigenvalue weighted by molar-refractivity contribution is 7.92. The first-order chi connectivity index (χ1) is 14.2. The van der Waals surface area contributed by atoms with Crippen molar-refractivity contribution in [2.45, 2.75) is 17.2 Å². The van der Waals surface area contributed by atoms with Gasteiger partial charge < -0.3 is 19.5 Å². The molecule has 0 bridgehead atoms. The number of nitrogens with one attached hydrogen (secondary N) is 1. The van der Waals surface area contributed by atoms with Gasteiger partial charge in [-0.25, -0.2) is 8.42 Å². The van der Waals surface area contributed by atoms with Gasteiger partial charge in [-0.1, -0.05) is 11.6 Å². The first-order valence-electron chi connectivity index (χ1n) is 9.08. The van der Waals surface area contributed by atoms with E-state index in [1.165, 1.54) is 54.5 Å². The van der Waals surface area contributed by atoms with Crippen LogP contribution in [0.3, 0.4) is 0 Å². The average Bonchev–Trinajstić information content (AvgIpc) is 3.26. The van der Waals surface area contributed by atoms with Crippen LogP contribution in [0.15, 0.2) is 52.0 Å². The van der Waals surface area contributed by atoms with Crippen molar-refractivity contribution in [2.24, 2.45) is 0 Å². The summed E-state index contributed by atoms with van der Waals surface area (Å²) in [5.41, 5.74) is 0. The van der Waals surface area contributed by atoms with Gasteiger partial charge in [0.25, 0.3) is 11.8 Å². The average molecular weight is 454 g/mol. The lowest BCUT2D eigenvalue weighted by atomic mass is 10.3. The molecule has 0 saturated carbocycles. The van der Waals surface area contributed by atoms with Crippen LogP contribution < -0.4 is 5.32 Å². The second-order valence-corrected chi connectivity index (χ2v) is 9.13. The van der Waals surface area contributed by atoms with Crippen molar-refractivity contribution in [3.8, 4) is 0 Å². The molecule has 3 rings (SSSR count). The second kappa shape index (κ2) is 8.88. The predicted octanol–water partition coefficient (Wildman–Crippen LogP) is 1.15. The highest BCUT2D eigenvalue weighted by Crippen LogP contribution is 2.20. The number of rotatable bonds is 5. The molecule has 2 heterocycles. The Labute approximate surface area is 178 Å². The van der Waals surface area contributed by atoms with Crippen LogP contribution >= 0.6 is 11.6 Å². The maximum absolute atomic E-state index is 13.2. The molecule has 1 aromatic heterocycles. The van der Waals surface area contributed by atoms with Crippen LogP contribution in [0.1, 0.15) is 17.5 Å². The molecule has 1 aliphatic heterocycles. The SMILES string of the molecule is CC(=O)N1CCN(C(=O)C(NC(=O)c2ccco2)S(=O)(=O)c2ccc(Cl)cc2)CC1. The fraction of sp³-hybridized carbons (Fsp3) is 0.316. The summed E-state index contributed by atoms with van der Waals surface area (Å²) in [6.07, 6.45) is 1.26. The minimum absolute atomic E-state index is 0.125. The fourth-order valence-corrected chi connectivity index (χ4v) is 4.63. The number of piperazine rings is 1. The number of hydrogen-bond acceptors (Lipinski definition) is 6. The molecule has 11 heteroatoms. The van der Waals surface area contributed by atoms with Crippen molar-refractivity contribution in [2.75, 3.05) is 26.2 Å². The van der Waals surface area contributed by atoms with Crippen molar-refractivity contribution >= 4 is 39.2 Å². The molecule has 1 fully saturated rings. The molecule has 1 aliphatic rings. The van der Waals surface area contributed by atoms with Crippen LogP contribution in [-0.2, 0) is 19.4 Å². The Balaban J connectivity index is 1.89. The Kier molecular flexibility index (Phi) is 6.47. The zero-order valence-electron chi connectivity index (χ0n) is 16.1. The summed E-state index contributed by atoms with van der Waals surface area (Å²) in [5, 5.41) is 0.748. The van der Waals surface area contributed by atoms with Gasteiger partial charge in [0.05, 0.1) is 11.2 Å². The van der Waals surface area contributed by atoms with Crippen molar-refractivity contribution in [3.05, 3.63) is 53.4 Å². The number of benzene rings is 1. The normalized spacial score (nSPS) is 15.5. The van der Waals surface area contributed by atoms with Gasteiger partial charge in [-0.05, 0) is 36.4 Å². The first-order valence-corrected chi connectivity index (χ1v) is 11.0. The van der Waals surface area contributed by atoms with Crippen molar-refractivity contribution < 1.29 is 27.2 Å². The van der Waals surface area contributed by atoms with Crippen LogP contribution in [0.25, 0.3) is 0 Å². The molecule has 1 aromatic carbocycles. The number of amides is 3. The zero-order chi connectivity index (χ0) is 21.9. The second-order valence-electron chi connectivity index (χ2n) is 6.66. The van der Waals surface area contributed by atoms with Gasteiger partial charge in [0, 0.05) is 38.1 Å². The summed E-state index contributed by atoms with van der Waals surface area (Å²) in [6, 6.07) is 8.14. The molecule has 0 radical (unpaired) electrons. The standard InChI is InChI=1S/C19H20ClN3O6S/c1-13(24)22-8-10-23(11-9-22)19(26)18(21-17(25)16-3-2-12-29-16)30(27,28)15-6-4-14(20)5-7-15/h2-7,12,18H,8-11H2,1H3,(H,21,25). The Morgan fingerprint density at radius 1 is 1.03 bits per heavy atom. The van der Waals surface area contributed by atoms with E-state index in [1.807, 2.05) is 0 Å². The van der Waals surface area contributed by atoms with E-state index in [1.54, 1.807) is 4.90 Å². The van der Waals surface area contributed by atoms with Crippen molar-refractivity contribution in [3.63, 3.8) is 0 Å². The molecular formula is C19H20ClN3O6S. The lowest BCUT2D eigenvalue weighted by Crippen LogP contribution is -2.57. The van der Waals surface area contributed by atoms with Gasteiger partial charge in [-0.15, -0.1) is 0 Å². The topological polar surface area (TPSA) is 117 Å². The third kappa shape index (κ3) is 4.65. The van der Waals surface area contributed by atoms with E-state index in [2.05, 4.69) is 5.32 Å². The number of sulfone groups is 1. The van der Waals surface area contributed by atoms with Gasteiger partial charge in [0.1, 0.15) is 0 Å². The predicted molar refractivity (Wildman–Crippen MR) is 107 cm³/mol. The highest BCUT2D eigenvalue weighted by Gasteiger charge is 2.39. The van der Waals surface area contributed by atoms with Crippen LogP contribution in [0.5, 0.6) is 0 Å². The largest absolute Gasteiger partial charge is 0.459 e. The molecule has 2 aromatic rings. The van der Waals surface area contributed by atoms with E-state index >= 15 is 0 Å². The first kappa shape index (κ1) is 21.8. The zero-order valence-corrected chi connectivity index (χ0v) is 17.6. The summed E-state index contributed by atoms with van der Waals surface area (Å²) in [5.74, 6) is -1.87. The summed E-state index contributed by atoms with van der Waals surface area (Å²) >= 11 is 5.83. The number of nitrogens with zero attached hydrogens (tertiary/aromatic N) is 2. The molecule has 30 heavy (non-hydrogen) atoms. The summed E-state index contributed by atoms with van der Waals surface area (Å²) in [4.78, 5) is 39.8. The Morgan fingerprint density at radius 2 is 1.63 bits per heavy atom. The van der Waals surface area contributed by atoms with Gasteiger partial charge >= 0.3 is 0 Å². The molecule has 3 amide bonds. The summed E-state index contributed by atoms with van der Waals surface area (Å²) in [7, 11) is -4.29. The quantitative estimate of drug-likeness (QED) is 0.725. The van der Waals surface area contributed by atoms with E-state index in [4.69, 9.17) is 16.0 Å². The fourth-order valence-electron chi connectivity index (χ4n) is 3.04. The number of hydrogen-bond donors (Lipinski definition) is 1. The lowest BCUT2D eigenvalue weighted by molar-refractivity contribution is -0.138. The van der Waals surface area contributed by atoms with E-state index in [9.17, 15) is 22.8 Å².